The van der Waals surface area contributed by atoms with Crippen LogP contribution in [-0.4, -0.2) is 27.2 Å². The second-order valence-corrected chi connectivity index (χ2v) is 6.75. The van der Waals surface area contributed by atoms with Crippen LogP contribution in [0.5, 0.6) is 0 Å². The van der Waals surface area contributed by atoms with Crippen LogP contribution in [0.3, 0.4) is 0 Å². The van der Waals surface area contributed by atoms with E-state index in [1.54, 1.807) is 0 Å². The highest BCUT2D eigenvalue weighted by molar-refractivity contribution is 5.88. The van der Waals surface area contributed by atoms with E-state index in [9.17, 15) is 0 Å². The Morgan fingerprint density at radius 3 is 1.38 bits per heavy atom. The highest BCUT2D eigenvalue weighted by Gasteiger charge is 2.39. The average molecular weight is 318 g/mol. The summed E-state index contributed by atoms with van der Waals surface area (Å²) in [4.78, 5) is 9.70. The van der Waals surface area contributed by atoms with E-state index < -0.39 is 0 Å². The van der Waals surface area contributed by atoms with Gasteiger partial charge in [0.05, 0.1) is 22.7 Å². The Morgan fingerprint density at radius 2 is 0.958 bits per heavy atom. The van der Waals surface area contributed by atoms with E-state index in [1.165, 1.54) is 47.2 Å². The quantitative estimate of drug-likeness (QED) is 0.732. The van der Waals surface area contributed by atoms with E-state index >= 15 is 0 Å². The van der Waals surface area contributed by atoms with Gasteiger partial charge in [-0.15, -0.1) is 0 Å². The molecule has 0 N–H and O–H groups in total. The van der Waals surface area contributed by atoms with Crippen molar-refractivity contribution in [2.75, 3.05) is 46.8 Å². The van der Waals surface area contributed by atoms with E-state index in [2.05, 4.69) is 82.2 Å². The number of hydrogen-bond acceptors (Lipinski definition) is 4. The Labute approximate surface area is 143 Å². The highest BCUT2D eigenvalue weighted by Crippen LogP contribution is 2.48. The van der Waals surface area contributed by atoms with Gasteiger partial charge < -0.3 is 19.6 Å². The zero-order valence-electron chi connectivity index (χ0n) is 14.2. The maximum Gasteiger partial charge on any atom is 0.155 e. The van der Waals surface area contributed by atoms with Crippen molar-refractivity contribution in [1.82, 2.24) is 0 Å². The summed E-state index contributed by atoms with van der Waals surface area (Å²) in [6.07, 6.45) is 2.42. The molecule has 4 heteroatoms. The number of fused-ring (bicyclic) bond motifs is 6. The number of rotatable bonds is 0. The van der Waals surface area contributed by atoms with Crippen molar-refractivity contribution < 1.29 is 0 Å². The monoisotopic (exact) mass is 318 g/mol. The summed E-state index contributed by atoms with van der Waals surface area (Å²) in [5, 5.41) is 0. The van der Waals surface area contributed by atoms with Crippen LogP contribution in [0.1, 0.15) is 12.8 Å². The van der Waals surface area contributed by atoms with E-state index in [-0.39, 0.29) is 0 Å². The van der Waals surface area contributed by atoms with Crippen LogP contribution in [0.4, 0.5) is 22.7 Å². The summed E-state index contributed by atoms with van der Waals surface area (Å²) >= 11 is 0. The van der Waals surface area contributed by atoms with Crippen LogP contribution < -0.4 is 19.6 Å². The highest BCUT2D eigenvalue weighted by atomic mass is 15.5. The van der Waals surface area contributed by atoms with Gasteiger partial charge in [-0.25, -0.2) is 0 Å². The first-order chi connectivity index (χ1) is 11.8. The topological polar surface area (TPSA) is 13.0 Å². The van der Waals surface area contributed by atoms with Crippen molar-refractivity contribution in [3.05, 3.63) is 60.2 Å². The standard InChI is InChI=1S/C20H22N4/c1-21-15-9-3-5-11-17(15)23-13-7-8-14-24-18-12-6-4-10-16(18)22(2)20(24)19(21)23/h3-6,9-12H,7-8,13-14H2,1-2H3/b20-19-. The molecule has 0 atom stereocenters. The molecule has 3 aliphatic heterocycles. The van der Waals surface area contributed by atoms with Crippen molar-refractivity contribution in [3.8, 4) is 0 Å². The van der Waals surface area contributed by atoms with Gasteiger partial charge in [0.2, 0.25) is 0 Å². The fraction of sp³-hybridized carbons (Fsp3) is 0.300. The van der Waals surface area contributed by atoms with Gasteiger partial charge in [0, 0.05) is 27.2 Å². The number of anilines is 4. The number of hydrogen-bond donors (Lipinski definition) is 0. The van der Waals surface area contributed by atoms with E-state index in [0.717, 1.165) is 13.1 Å². The Morgan fingerprint density at radius 1 is 0.583 bits per heavy atom. The first-order valence-electron chi connectivity index (χ1n) is 8.72. The Hall–Kier alpha value is -2.62. The van der Waals surface area contributed by atoms with Gasteiger partial charge in [0.15, 0.2) is 11.6 Å². The first kappa shape index (κ1) is 13.8. The predicted molar refractivity (Wildman–Crippen MR) is 101 cm³/mol. The maximum atomic E-state index is 2.50. The largest absolute Gasteiger partial charge is 0.326 e. The molecule has 24 heavy (non-hydrogen) atoms. The molecule has 2 aromatic carbocycles. The van der Waals surface area contributed by atoms with E-state index in [1.807, 2.05) is 0 Å². The molecule has 0 bridgehead atoms. The van der Waals surface area contributed by atoms with Crippen LogP contribution in [0.2, 0.25) is 0 Å². The van der Waals surface area contributed by atoms with Crippen molar-refractivity contribution in [3.63, 3.8) is 0 Å². The third-order valence-corrected chi connectivity index (χ3v) is 5.43. The fourth-order valence-corrected chi connectivity index (χ4v) is 4.30. The smallest absolute Gasteiger partial charge is 0.155 e. The molecule has 0 saturated carbocycles. The molecule has 0 unspecified atom stereocenters. The third-order valence-electron chi connectivity index (χ3n) is 5.43. The SMILES string of the molecule is CN1/C2=C3\N(C)c4ccccc4N3CCCCN2c2ccccc21. The minimum absolute atomic E-state index is 1.08. The molecule has 0 aromatic heterocycles. The predicted octanol–water partition coefficient (Wildman–Crippen LogP) is 3.82. The summed E-state index contributed by atoms with van der Waals surface area (Å²) in [5.41, 5.74) is 5.25. The van der Waals surface area contributed by atoms with Crippen molar-refractivity contribution in [2.45, 2.75) is 12.8 Å². The second-order valence-electron chi connectivity index (χ2n) is 6.75. The van der Waals surface area contributed by atoms with Gasteiger partial charge in [0.25, 0.3) is 0 Å². The molecule has 0 aliphatic carbocycles. The van der Waals surface area contributed by atoms with Crippen LogP contribution in [-0.2, 0) is 0 Å². The molecule has 0 saturated heterocycles. The van der Waals surface area contributed by atoms with Crippen molar-refractivity contribution in [2.24, 2.45) is 0 Å². The lowest BCUT2D eigenvalue weighted by Gasteiger charge is -2.33. The maximum absolute atomic E-state index is 2.50. The minimum atomic E-state index is 1.08. The molecule has 2 aromatic rings. The molecule has 3 heterocycles. The van der Waals surface area contributed by atoms with E-state index in [0.29, 0.717) is 0 Å². The zero-order valence-corrected chi connectivity index (χ0v) is 14.2. The lowest BCUT2D eigenvalue weighted by atomic mass is 10.2. The molecule has 3 aliphatic rings. The number of para-hydroxylation sites is 4. The molecule has 4 nitrogen and oxygen atoms in total. The average Bonchev–Trinajstić information content (AvgIpc) is 3.01. The first-order valence-corrected chi connectivity index (χ1v) is 8.72. The van der Waals surface area contributed by atoms with Gasteiger partial charge in [-0.3, -0.25) is 0 Å². The van der Waals surface area contributed by atoms with Gasteiger partial charge in [-0.05, 0) is 37.1 Å². The molecular weight excluding hydrogens is 296 g/mol. The lowest BCUT2D eigenvalue weighted by molar-refractivity contribution is 0.678. The minimum Gasteiger partial charge on any atom is -0.326 e. The molecule has 0 fully saturated rings. The van der Waals surface area contributed by atoms with Crippen LogP contribution in [0, 0.1) is 0 Å². The summed E-state index contributed by atoms with van der Waals surface area (Å²) in [7, 11) is 4.38. The molecule has 0 amide bonds. The number of nitrogens with zero attached hydrogens (tertiary/aromatic N) is 4. The molecule has 122 valence electrons. The molecule has 0 radical (unpaired) electrons. The van der Waals surface area contributed by atoms with Crippen LogP contribution >= 0.6 is 0 Å². The van der Waals surface area contributed by atoms with Crippen LogP contribution in [0.25, 0.3) is 0 Å². The molecule has 5 rings (SSSR count). The summed E-state index contributed by atoms with van der Waals surface area (Å²) in [5.74, 6) is 2.60. The van der Waals surface area contributed by atoms with Gasteiger partial charge in [0.1, 0.15) is 0 Å². The normalized spacial score (nSPS) is 21.9. The number of benzene rings is 2. The van der Waals surface area contributed by atoms with Crippen LogP contribution in [0.15, 0.2) is 60.2 Å². The van der Waals surface area contributed by atoms with Gasteiger partial charge in [-0.1, -0.05) is 24.3 Å². The summed E-state index contributed by atoms with van der Waals surface area (Å²) < 4.78 is 0. The Balaban J connectivity index is 1.76. The van der Waals surface area contributed by atoms with E-state index in [4.69, 9.17) is 0 Å². The fourth-order valence-electron chi connectivity index (χ4n) is 4.30. The Bertz CT molecular complexity index is 772. The summed E-state index contributed by atoms with van der Waals surface area (Å²) in [6.45, 7) is 2.16. The van der Waals surface area contributed by atoms with Crippen molar-refractivity contribution in [1.29, 1.82) is 0 Å². The molecule has 0 spiro atoms. The summed E-state index contributed by atoms with van der Waals surface area (Å²) in [6, 6.07) is 17.5. The second kappa shape index (κ2) is 4.94. The molecular formula is C20H22N4. The van der Waals surface area contributed by atoms with Gasteiger partial charge in [-0.2, -0.15) is 0 Å². The zero-order chi connectivity index (χ0) is 16.3. The lowest BCUT2D eigenvalue weighted by Crippen LogP contribution is -2.39. The van der Waals surface area contributed by atoms with Gasteiger partial charge >= 0.3 is 0 Å². The third kappa shape index (κ3) is 1.68. The Kier molecular flexibility index (Phi) is 2.84. The van der Waals surface area contributed by atoms with Crippen molar-refractivity contribution >= 4 is 22.7 Å².